The predicted molar refractivity (Wildman–Crippen MR) is 139 cm³/mol. The van der Waals surface area contributed by atoms with Gasteiger partial charge in [0.2, 0.25) is 0 Å². The zero-order valence-corrected chi connectivity index (χ0v) is 20.1. The molecular formula is C28H23ClN4O2. The lowest BCUT2D eigenvalue weighted by Gasteiger charge is -2.19. The highest BCUT2D eigenvalue weighted by molar-refractivity contribution is 6.30. The van der Waals surface area contributed by atoms with Crippen molar-refractivity contribution in [3.8, 4) is 16.9 Å². The Morgan fingerprint density at radius 1 is 0.971 bits per heavy atom. The van der Waals surface area contributed by atoms with Gasteiger partial charge in [-0.15, -0.1) is 0 Å². The molecule has 0 bridgehead atoms. The highest BCUT2D eigenvalue weighted by Crippen LogP contribution is 2.27. The van der Waals surface area contributed by atoms with Crippen LogP contribution in [0.15, 0.2) is 95.9 Å². The van der Waals surface area contributed by atoms with Gasteiger partial charge in [-0.1, -0.05) is 60.1 Å². The molecule has 5 rings (SSSR count). The summed E-state index contributed by atoms with van der Waals surface area (Å²) in [7, 11) is 3.44. The highest BCUT2D eigenvalue weighted by atomic mass is 35.5. The van der Waals surface area contributed by atoms with Crippen LogP contribution >= 0.6 is 11.6 Å². The average Bonchev–Trinajstić information content (AvgIpc) is 3.30. The van der Waals surface area contributed by atoms with Crippen LogP contribution in [-0.2, 0) is 13.6 Å². The normalized spacial score (nSPS) is 11.1. The lowest BCUT2D eigenvalue weighted by molar-refractivity contribution is 0.0787. The largest absolute Gasteiger partial charge is 0.337 e. The molecule has 0 saturated carbocycles. The number of fused-ring (bicyclic) bond motifs is 1. The molecule has 3 aromatic carbocycles. The molecule has 1 amide bonds. The minimum atomic E-state index is -0.228. The Labute approximate surface area is 207 Å². The first kappa shape index (κ1) is 22.6. The molecule has 5 aromatic rings. The third kappa shape index (κ3) is 4.36. The van der Waals surface area contributed by atoms with E-state index in [0.717, 1.165) is 33.4 Å². The van der Waals surface area contributed by atoms with Gasteiger partial charge in [0.05, 0.1) is 22.5 Å². The second-order valence-electron chi connectivity index (χ2n) is 8.42. The minimum Gasteiger partial charge on any atom is -0.337 e. The van der Waals surface area contributed by atoms with Crippen molar-refractivity contribution < 1.29 is 4.79 Å². The lowest BCUT2D eigenvalue weighted by Crippen LogP contribution is -2.29. The number of para-hydroxylation sites is 2. The van der Waals surface area contributed by atoms with Crippen LogP contribution in [0, 0.1) is 0 Å². The van der Waals surface area contributed by atoms with E-state index < -0.39 is 0 Å². The van der Waals surface area contributed by atoms with Crippen molar-refractivity contribution in [2.45, 2.75) is 6.54 Å². The molecule has 2 heterocycles. The van der Waals surface area contributed by atoms with Crippen LogP contribution in [0.4, 0.5) is 0 Å². The van der Waals surface area contributed by atoms with E-state index in [1.54, 1.807) is 23.6 Å². The average molecular weight is 483 g/mol. The number of carbonyl (C=O) groups is 1. The molecule has 6 nitrogen and oxygen atoms in total. The summed E-state index contributed by atoms with van der Waals surface area (Å²) in [5, 5.41) is 6.20. The molecule has 0 radical (unpaired) electrons. The van der Waals surface area contributed by atoms with Crippen LogP contribution in [-0.4, -0.2) is 32.2 Å². The number of hydrogen-bond donors (Lipinski definition) is 0. The van der Waals surface area contributed by atoms with Crippen LogP contribution in [0.25, 0.3) is 27.8 Å². The molecule has 0 unspecified atom stereocenters. The molecule has 0 aliphatic rings. The third-order valence-electron chi connectivity index (χ3n) is 6.07. The van der Waals surface area contributed by atoms with Crippen molar-refractivity contribution in [3.05, 3.63) is 118 Å². The standard InChI is InChI=1S/C28H23ClN4O2/c1-31(28(35)24-16-26(34)32(2)25-11-7-6-10-23(24)25)17-20-18-33(22-8-4-3-5-9-22)30-27(20)19-12-14-21(29)15-13-19/h3-16,18H,17H2,1-2H3. The molecule has 0 aliphatic carbocycles. The van der Waals surface area contributed by atoms with E-state index in [2.05, 4.69) is 0 Å². The molecule has 2 aromatic heterocycles. The fraction of sp³-hybridized carbons (Fsp3) is 0.107. The van der Waals surface area contributed by atoms with E-state index >= 15 is 0 Å². The molecule has 0 saturated heterocycles. The van der Waals surface area contributed by atoms with Gasteiger partial charge in [-0.25, -0.2) is 4.68 Å². The summed E-state index contributed by atoms with van der Waals surface area (Å²) in [6, 6.07) is 26.1. The van der Waals surface area contributed by atoms with E-state index in [0.29, 0.717) is 17.1 Å². The molecule has 0 atom stereocenters. The number of aromatic nitrogens is 3. The number of halogens is 1. The summed E-state index contributed by atoms with van der Waals surface area (Å²) in [6.07, 6.45) is 1.94. The number of nitrogens with zero attached hydrogens (tertiary/aromatic N) is 4. The van der Waals surface area contributed by atoms with Gasteiger partial charge in [-0.05, 0) is 30.3 Å². The van der Waals surface area contributed by atoms with E-state index in [9.17, 15) is 9.59 Å². The second kappa shape index (κ2) is 9.24. The van der Waals surface area contributed by atoms with Gasteiger partial charge in [0, 0.05) is 54.4 Å². The van der Waals surface area contributed by atoms with E-state index in [1.165, 1.54) is 6.07 Å². The number of amides is 1. The Balaban J connectivity index is 1.54. The van der Waals surface area contributed by atoms with Gasteiger partial charge in [0.25, 0.3) is 11.5 Å². The number of rotatable bonds is 5. The smallest absolute Gasteiger partial charge is 0.254 e. The predicted octanol–water partition coefficient (Wildman–Crippen LogP) is 5.32. The third-order valence-corrected chi connectivity index (χ3v) is 6.32. The second-order valence-corrected chi connectivity index (χ2v) is 8.86. The summed E-state index contributed by atoms with van der Waals surface area (Å²) < 4.78 is 3.36. The topological polar surface area (TPSA) is 60.1 Å². The first-order valence-corrected chi connectivity index (χ1v) is 11.5. The summed E-state index contributed by atoms with van der Waals surface area (Å²) in [4.78, 5) is 27.7. The zero-order chi connectivity index (χ0) is 24.5. The van der Waals surface area contributed by atoms with Crippen molar-refractivity contribution in [2.75, 3.05) is 7.05 Å². The van der Waals surface area contributed by atoms with Crippen LogP contribution in [0.3, 0.4) is 0 Å². The van der Waals surface area contributed by atoms with Crippen molar-refractivity contribution in [1.29, 1.82) is 0 Å². The van der Waals surface area contributed by atoms with E-state index in [4.69, 9.17) is 16.7 Å². The number of hydrogen-bond acceptors (Lipinski definition) is 3. The fourth-order valence-corrected chi connectivity index (χ4v) is 4.34. The van der Waals surface area contributed by atoms with Gasteiger partial charge >= 0.3 is 0 Å². The summed E-state index contributed by atoms with van der Waals surface area (Å²) in [5.41, 5.74) is 4.34. The molecular weight excluding hydrogens is 460 g/mol. The molecule has 0 N–H and O–H groups in total. The van der Waals surface area contributed by atoms with Crippen LogP contribution in [0.2, 0.25) is 5.02 Å². The van der Waals surface area contributed by atoms with Gasteiger partial charge in [-0.3, -0.25) is 9.59 Å². The fourth-order valence-electron chi connectivity index (χ4n) is 4.21. The van der Waals surface area contributed by atoms with Crippen molar-refractivity contribution in [3.63, 3.8) is 0 Å². The minimum absolute atomic E-state index is 0.223. The zero-order valence-electron chi connectivity index (χ0n) is 19.4. The monoisotopic (exact) mass is 482 g/mol. The van der Waals surface area contributed by atoms with Crippen molar-refractivity contribution >= 4 is 28.4 Å². The Morgan fingerprint density at radius 3 is 2.40 bits per heavy atom. The molecule has 35 heavy (non-hydrogen) atoms. The van der Waals surface area contributed by atoms with Crippen molar-refractivity contribution in [1.82, 2.24) is 19.2 Å². The quantitative estimate of drug-likeness (QED) is 0.341. The Kier molecular flexibility index (Phi) is 5.97. The Bertz CT molecular complexity index is 1590. The van der Waals surface area contributed by atoms with E-state index in [-0.39, 0.29) is 11.5 Å². The lowest BCUT2D eigenvalue weighted by atomic mass is 10.1. The van der Waals surface area contributed by atoms with Gasteiger partial charge < -0.3 is 9.47 Å². The summed E-state index contributed by atoms with van der Waals surface area (Å²) in [5.74, 6) is -0.228. The van der Waals surface area contributed by atoms with Crippen LogP contribution in [0.1, 0.15) is 15.9 Å². The number of carbonyl (C=O) groups excluding carboxylic acids is 1. The van der Waals surface area contributed by atoms with Crippen LogP contribution < -0.4 is 5.56 Å². The molecule has 0 aliphatic heterocycles. The highest BCUT2D eigenvalue weighted by Gasteiger charge is 2.20. The first-order valence-electron chi connectivity index (χ1n) is 11.2. The summed E-state index contributed by atoms with van der Waals surface area (Å²) >= 11 is 6.10. The number of benzene rings is 3. The molecule has 174 valence electrons. The summed E-state index contributed by atoms with van der Waals surface area (Å²) in [6.45, 7) is 0.313. The van der Waals surface area contributed by atoms with Crippen molar-refractivity contribution in [2.24, 2.45) is 7.05 Å². The number of aryl methyl sites for hydroxylation is 1. The number of pyridine rings is 1. The van der Waals surface area contributed by atoms with Gasteiger partial charge in [0.15, 0.2) is 0 Å². The first-order chi connectivity index (χ1) is 16.9. The maximum atomic E-state index is 13.5. The maximum Gasteiger partial charge on any atom is 0.254 e. The van der Waals surface area contributed by atoms with Crippen LogP contribution in [0.5, 0.6) is 0 Å². The Morgan fingerprint density at radius 2 is 1.66 bits per heavy atom. The molecule has 0 spiro atoms. The molecule has 0 fully saturated rings. The Hall–Kier alpha value is -4.16. The van der Waals surface area contributed by atoms with Gasteiger partial charge in [-0.2, -0.15) is 5.10 Å². The van der Waals surface area contributed by atoms with E-state index in [1.807, 2.05) is 89.7 Å². The maximum absolute atomic E-state index is 13.5. The SMILES string of the molecule is CN(Cc1cn(-c2ccccc2)nc1-c1ccc(Cl)cc1)C(=O)c1cc(=O)n(C)c2ccccc12. The van der Waals surface area contributed by atoms with Gasteiger partial charge in [0.1, 0.15) is 0 Å². The molecule has 7 heteroatoms.